The van der Waals surface area contributed by atoms with Gasteiger partial charge in [0.2, 0.25) is 0 Å². The third-order valence-electron chi connectivity index (χ3n) is 2.51. The van der Waals surface area contributed by atoms with E-state index in [2.05, 4.69) is 15.5 Å². The van der Waals surface area contributed by atoms with Crippen molar-refractivity contribution in [3.63, 3.8) is 0 Å². The maximum Gasteiger partial charge on any atom is 0.418 e. The smallest absolute Gasteiger partial charge is 0.320 e. The van der Waals surface area contributed by atoms with Crippen LogP contribution in [0.25, 0.3) is 0 Å². The Bertz CT molecular complexity index is 624. The van der Waals surface area contributed by atoms with Crippen molar-refractivity contribution in [3.05, 3.63) is 53.3 Å². The number of benzene rings is 1. The van der Waals surface area contributed by atoms with Crippen molar-refractivity contribution >= 4 is 11.6 Å². The van der Waals surface area contributed by atoms with Gasteiger partial charge in [-0.05, 0) is 31.2 Å². The molecule has 4 nitrogen and oxygen atoms in total. The summed E-state index contributed by atoms with van der Waals surface area (Å²) in [5.74, 6) is -0.741. The van der Waals surface area contributed by atoms with Crippen LogP contribution < -0.4 is 5.32 Å². The number of alkyl halides is 3. The SMILES string of the molecule is Cc1ccc(C(=O)Nc2ccccc2C(F)(F)F)nn1. The molecule has 104 valence electrons. The Labute approximate surface area is 112 Å². The lowest BCUT2D eigenvalue weighted by molar-refractivity contribution is -0.136. The fourth-order valence-electron chi connectivity index (χ4n) is 1.55. The van der Waals surface area contributed by atoms with Crippen LogP contribution in [0.2, 0.25) is 0 Å². The number of nitrogens with one attached hydrogen (secondary N) is 1. The topological polar surface area (TPSA) is 54.9 Å². The third kappa shape index (κ3) is 3.11. The minimum atomic E-state index is -4.54. The van der Waals surface area contributed by atoms with Gasteiger partial charge >= 0.3 is 6.18 Å². The second kappa shape index (κ2) is 5.28. The van der Waals surface area contributed by atoms with Gasteiger partial charge in [-0.15, -0.1) is 5.10 Å². The molecule has 0 saturated carbocycles. The monoisotopic (exact) mass is 281 g/mol. The summed E-state index contributed by atoms with van der Waals surface area (Å²) in [6.07, 6.45) is -4.54. The minimum absolute atomic E-state index is 0.0485. The van der Waals surface area contributed by atoms with Crippen molar-refractivity contribution in [1.29, 1.82) is 0 Å². The molecular formula is C13H10F3N3O. The highest BCUT2D eigenvalue weighted by atomic mass is 19.4. The van der Waals surface area contributed by atoms with Crippen LogP contribution in [0, 0.1) is 6.92 Å². The molecule has 2 aromatic rings. The standard InChI is InChI=1S/C13H10F3N3O/c1-8-6-7-11(19-18-8)12(20)17-10-5-3-2-4-9(10)13(14,15)16/h2-7H,1H3,(H,17,20). The van der Waals surface area contributed by atoms with E-state index >= 15 is 0 Å². The number of hydrogen-bond donors (Lipinski definition) is 1. The van der Waals surface area contributed by atoms with Crippen molar-refractivity contribution < 1.29 is 18.0 Å². The Kier molecular flexibility index (Phi) is 3.69. The molecule has 1 N–H and O–H groups in total. The number of amides is 1. The quantitative estimate of drug-likeness (QED) is 0.920. The summed E-state index contributed by atoms with van der Waals surface area (Å²) in [5, 5.41) is 9.49. The van der Waals surface area contributed by atoms with Gasteiger partial charge in [0.1, 0.15) is 0 Å². The van der Waals surface area contributed by atoms with Gasteiger partial charge in [-0.1, -0.05) is 12.1 Å². The molecule has 0 bridgehead atoms. The van der Waals surface area contributed by atoms with E-state index in [4.69, 9.17) is 0 Å². The summed E-state index contributed by atoms with van der Waals surface area (Å²) < 4.78 is 38.3. The van der Waals surface area contributed by atoms with Crippen molar-refractivity contribution in [2.75, 3.05) is 5.32 Å². The van der Waals surface area contributed by atoms with Crippen LogP contribution in [0.3, 0.4) is 0 Å². The molecule has 0 aliphatic rings. The molecule has 0 spiro atoms. The Hall–Kier alpha value is -2.44. The van der Waals surface area contributed by atoms with E-state index in [0.717, 1.165) is 6.07 Å². The van der Waals surface area contributed by atoms with Gasteiger partial charge in [0.25, 0.3) is 5.91 Å². The van der Waals surface area contributed by atoms with Gasteiger partial charge in [0.05, 0.1) is 16.9 Å². The number of para-hydroxylation sites is 1. The van der Waals surface area contributed by atoms with E-state index in [1.54, 1.807) is 13.0 Å². The van der Waals surface area contributed by atoms with Crippen LogP contribution in [-0.4, -0.2) is 16.1 Å². The number of halogens is 3. The summed E-state index contributed by atoms with van der Waals surface area (Å²) in [4.78, 5) is 11.8. The van der Waals surface area contributed by atoms with E-state index < -0.39 is 17.6 Å². The predicted octanol–water partition coefficient (Wildman–Crippen LogP) is 3.06. The molecule has 2 rings (SSSR count). The van der Waals surface area contributed by atoms with Crippen LogP contribution in [0.5, 0.6) is 0 Å². The molecular weight excluding hydrogens is 271 g/mol. The Morgan fingerprint density at radius 2 is 1.80 bits per heavy atom. The van der Waals surface area contributed by atoms with E-state index in [0.29, 0.717) is 5.69 Å². The Morgan fingerprint density at radius 3 is 2.40 bits per heavy atom. The van der Waals surface area contributed by atoms with Crippen LogP contribution in [0.15, 0.2) is 36.4 Å². The lowest BCUT2D eigenvalue weighted by atomic mass is 10.1. The molecule has 0 radical (unpaired) electrons. The largest absolute Gasteiger partial charge is 0.418 e. The summed E-state index contributed by atoms with van der Waals surface area (Å²) in [6, 6.07) is 7.69. The Balaban J connectivity index is 2.26. The molecule has 0 aliphatic heterocycles. The van der Waals surface area contributed by atoms with Crippen molar-refractivity contribution in [1.82, 2.24) is 10.2 Å². The minimum Gasteiger partial charge on any atom is -0.320 e. The average Bonchev–Trinajstić information content (AvgIpc) is 2.38. The van der Waals surface area contributed by atoms with Gasteiger partial charge < -0.3 is 5.32 Å². The number of carbonyl (C=O) groups excluding carboxylic acids is 1. The third-order valence-corrected chi connectivity index (χ3v) is 2.51. The average molecular weight is 281 g/mol. The molecule has 1 heterocycles. The number of carbonyl (C=O) groups is 1. The maximum absolute atomic E-state index is 12.8. The first-order chi connectivity index (χ1) is 9.38. The van der Waals surface area contributed by atoms with Crippen molar-refractivity contribution in [2.45, 2.75) is 13.1 Å². The first kappa shape index (κ1) is 14.0. The molecule has 0 fully saturated rings. The van der Waals surface area contributed by atoms with E-state index in [9.17, 15) is 18.0 Å². The number of aromatic nitrogens is 2. The molecule has 1 amide bonds. The summed E-state index contributed by atoms with van der Waals surface area (Å²) in [7, 11) is 0. The molecule has 0 saturated heterocycles. The van der Waals surface area contributed by atoms with Crippen LogP contribution in [-0.2, 0) is 6.18 Å². The summed E-state index contributed by atoms with van der Waals surface area (Å²) in [5.41, 5.74) is -0.661. The molecule has 7 heteroatoms. The highest BCUT2D eigenvalue weighted by molar-refractivity contribution is 6.03. The fraction of sp³-hybridized carbons (Fsp3) is 0.154. The summed E-state index contributed by atoms with van der Waals surface area (Å²) >= 11 is 0. The first-order valence-corrected chi connectivity index (χ1v) is 5.66. The highest BCUT2D eigenvalue weighted by Crippen LogP contribution is 2.34. The van der Waals surface area contributed by atoms with Crippen molar-refractivity contribution in [2.24, 2.45) is 0 Å². The fourth-order valence-corrected chi connectivity index (χ4v) is 1.55. The Morgan fingerprint density at radius 1 is 1.10 bits per heavy atom. The molecule has 1 aromatic heterocycles. The van der Waals surface area contributed by atoms with Gasteiger partial charge in [-0.25, -0.2) is 0 Å². The zero-order valence-electron chi connectivity index (χ0n) is 10.4. The van der Waals surface area contributed by atoms with Gasteiger partial charge in [0.15, 0.2) is 5.69 Å². The second-order valence-corrected chi connectivity index (χ2v) is 4.06. The van der Waals surface area contributed by atoms with Crippen LogP contribution >= 0.6 is 0 Å². The first-order valence-electron chi connectivity index (χ1n) is 5.66. The normalized spacial score (nSPS) is 11.2. The van der Waals surface area contributed by atoms with E-state index in [-0.39, 0.29) is 11.4 Å². The van der Waals surface area contributed by atoms with E-state index in [1.165, 1.54) is 24.3 Å². The highest BCUT2D eigenvalue weighted by Gasteiger charge is 2.33. The van der Waals surface area contributed by atoms with Crippen molar-refractivity contribution in [3.8, 4) is 0 Å². The number of anilines is 1. The molecule has 0 unspecified atom stereocenters. The predicted molar refractivity (Wildman–Crippen MR) is 66.2 cm³/mol. The molecule has 0 aliphatic carbocycles. The van der Waals surface area contributed by atoms with Crippen LogP contribution in [0.4, 0.5) is 18.9 Å². The van der Waals surface area contributed by atoms with Gasteiger partial charge in [0, 0.05) is 0 Å². The maximum atomic E-state index is 12.8. The zero-order valence-corrected chi connectivity index (χ0v) is 10.4. The summed E-state index contributed by atoms with van der Waals surface area (Å²) in [6.45, 7) is 1.69. The number of aryl methyl sites for hydroxylation is 1. The molecule has 1 aromatic carbocycles. The molecule has 20 heavy (non-hydrogen) atoms. The van der Waals surface area contributed by atoms with Gasteiger partial charge in [-0.2, -0.15) is 18.3 Å². The molecule has 0 atom stereocenters. The number of rotatable bonds is 2. The zero-order chi connectivity index (χ0) is 14.8. The lowest BCUT2D eigenvalue weighted by Crippen LogP contribution is -2.18. The second-order valence-electron chi connectivity index (χ2n) is 4.06. The number of nitrogens with zero attached hydrogens (tertiary/aromatic N) is 2. The van der Waals surface area contributed by atoms with Gasteiger partial charge in [-0.3, -0.25) is 4.79 Å². The van der Waals surface area contributed by atoms with Crippen LogP contribution in [0.1, 0.15) is 21.7 Å². The number of hydrogen-bond acceptors (Lipinski definition) is 3. The van der Waals surface area contributed by atoms with E-state index in [1.807, 2.05) is 0 Å². The lowest BCUT2D eigenvalue weighted by Gasteiger charge is -2.13.